The first-order chi connectivity index (χ1) is 10.0. The van der Waals surface area contributed by atoms with Crippen LogP contribution >= 0.6 is 0 Å². The van der Waals surface area contributed by atoms with Crippen molar-refractivity contribution in [2.24, 2.45) is 16.7 Å². The third-order valence-electron chi connectivity index (χ3n) is 6.02. The van der Waals surface area contributed by atoms with Crippen molar-refractivity contribution in [2.45, 2.75) is 65.7 Å². The van der Waals surface area contributed by atoms with E-state index in [1.807, 2.05) is 6.92 Å². The minimum absolute atomic E-state index is 0.174. The van der Waals surface area contributed by atoms with E-state index in [4.69, 9.17) is 0 Å². The molecule has 0 saturated heterocycles. The maximum Gasteiger partial charge on any atom is 0.146 e. The van der Waals surface area contributed by atoms with Crippen LogP contribution in [-0.2, 0) is 9.59 Å². The maximum absolute atomic E-state index is 12.0. The highest BCUT2D eigenvalue weighted by Gasteiger charge is 2.54. The molecule has 0 aromatic heterocycles. The van der Waals surface area contributed by atoms with E-state index in [0.29, 0.717) is 5.92 Å². The van der Waals surface area contributed by atoms with E-state index >= 15 is 0 Å². The molecule has 0 amide bonds. The molecule has 0 unspecified atom stereocenters. The van der Waals surface area contributed by atoms with Crippen molar-refractivity contribution in [1.29, 1.82) is 0 Å². The highest BCUT2D eigenvalue weighted by molar-refractivity contribution is 5.86. The Morgan fingerprint density at radius 1 is 1.29 bits per heavy atom. The van der Waals surface area contributed by atoms with Gasteiger partial charge in [0.15, 0.2) is 0 Å². The van der Waals surface area contributed by atoms with Crippen molar-refractivity contribution in [3.05, 3.63) is 23.3 Å². The third-order valence-corrected chi connectivity index (χ3v) is 6.02. The van der Waals surface area contributed by atoms with Crippen LogP contribution in [0.15, 0.2) is 23.3 Å². The van der Waals surface area contributed by atoms with Crippen LogP contribution in [0.2, 0.25) is 0 Å². The number of carbonyl (C=O) groups is 2. The molecule has 0 aromatic carbocycles. The van der Waals surface area contributed by atoms with Crippen molar-refractivity contribution in [3.8, 4) is 0 Å². The molecule has 21 heavy (non-hydrogen) atoms. The standard InChI is InChI=1S/C19H28O2/c1-4-5-6-10-18(3)11-7-12-19(14-21)16(13-20)15(2)8-9-17(18)19/h4-5,13-14,17H,6-12H2,1-3H3/b5-4+/t17-,18+,19-/m0/s1. The average molecular weight is 288 g/mol. The van der Waals surface area contributed by atoms with Gasteiger partial charge in [-0.1, -0.05) is 31.1 Å². The monoisotopic (exact) mass is 288 g/mol. The van der Waals surface area contributed by atoms with Gasteiger partial charge in [-0.3, -0.25) is 4.79 Å². The highest BCUT2D eigenvalue weighted by atomic mass is 16.1. The summed E-state index contributed by atoms with van der Waals surface area (Å²) in [5.74, 6) is 0.324. The number of hydrogen-bond acceptors (Lipinski definition) is 2. The quantitative estimate of drug-likeness (QED) is 0.545. The van der Waals surface area contributed by atoms with Gasteiger partial charge in [-0.05, 0) is 63.7 Å². The Kier molecular flexibility index (Phi) is 4.85. The zero-order valence-corrected chi connectivity index (χ0v) is 13.7. The van der Waals surface area contributed by atoms with Crippen LogP contribution in [0.5, 0.6) is 0 Å². The van der Waals surface area contributed by atoms with Gasteiger partial charge in [0.05, 0.1) is 5.41 Å². The van der Waals surface area contributed by atoms with Gasteiger partial charge in [0, 0.05) is 5.57 Å². The van der Waals surface area contributed by atoms with E-state index < -0.39 is 5.41 Å². The van der Waals surface area contributed by atoms with E-state index in [-0.39, 0.29) is 5.41 Å². The Labute approximate surface area is 128 Å². The molecule has 1 saturated carbocycles. The molecule has 0 aliphatic heterocycles. The Hall–Kier alpha value is -1.18. The fourth-order valence-electron chi connectivity index (χ4n) is 4.87. The van der Waals surface area contributed by atoms with E-state index in [9.17, 15) is 9.59 Å². The Morgan fingerprint density at radius 2 is 2.05 bits per heavy atom. The van der Waals surface area contributed by atoms with Crippen LogP contribution in [0.25, 0.3) is 0 Å². The molecular weight excluding hydrogens is 260 g/mol. The second kappa shape index (κ2) is 6.29. The number of carbonyl (C=O) groups excluding carboxylic acids is 2. The molecule has 2 aliphatic rings. The first kappa shape index (κ1) is 16.2. The van der Waals surface area contributed by atoms with Gasteiger partial charge in [-0.15, -0.1) is 0 Å². The Morgan fingerprint density at radius 3 is 2.67 bits per heavy atom. The fourth-order valence-corrected chi connectivity index (χ4v) is 4.87. The molecule has 2 nitrogen and oxygen atoms in total. The first-order valence-corrected chi connectivity index (χ1v) is 8.27. The molecule has 0 radical (unpaired) electrons. The van der Waals surface area contributed by atoms with Crippen LogP contribution in [-0.4, -0.2) is 12.6 Å². The summed E-state index contributed by atoms with van der Waals surface area (Å²) in [5, 5.41) is 0. The van der Waals surface area contributed by atoms with Crippen molar-refractivity contribution >= 4 is 12.6 Å². The fraction of sp³-hybridized carbons (Fsp3) is 0.684. The Bertz CT molecular complexity index is 474. The summed E-state index contributed by atoms with van der Waals surface area (Å²) in [6.07, 6.45) is 13.7. The van der Waals surface area contributed by atoms with E-state index in [1.165, 1.54) is 6.42 Å². The van der Waals surface area contributed by atoms with E-state index in [0.717, 1.165) is 62.2 Å². The van der Waals surface area contributed by atoms with Gasteiger partial charge in [-0.2, -0.15) is 0 Å². The predicted octanol–water partition coefficient (Wildman–Crippen LogP) is 4.64. The first-order valence-electron chi connectivity index (χ1n) is 8.27. The number of hydrogen-bond donors (Lipinski definition) is 0. The zero-order chi connectivity index (χ0) is 15.5. The summed E-state index contributed by atoms with van der Waals surface area (Å²) in [6.45, 7) is 6.41. The van der Waals surface area contributed by atoms with Gasteiger partial charge in [0.2, 0.25) is 0 Å². The normalized spacial score (nSPS) is 36.6. The minimum Gasteiger partial charge on any atom is -0.302 e. The van der Waals surface area contributed by atoms with Crippen molar-refractivity contribution in [3.63, 3.8) is 0 Å². The summed E-state index contributed by atoms with van der Waals surface area (Å²) in [7, 11) is 0. The molecule has 1 fully saturated rings. The summed E-state index contributed by atoms with van der Waals surface area (Å²) in [5.41, 5.74) is 1.59. The average Bonchev–Trinajstić information content (AvgIpc) is 2.47. The molecule has 2 rings (SSSR count). The zero-order valence-electron chi connectivity index (χ0n) is 13.7. The lowest BCUT2D eigenvalue weighted by Gasteiger charge is -2.54. The molecule has 0 bridgehead atoms. The van der Waals surface area contributed by atoms with Gasteiger partial charge >= 0.3 is 0 Å². The lowest BCUT2D eigenvalue weighted by molar-refractivity contribution is -0.127. The van der Waals surface area contributed by atoms with Crippen LogP contribution in [0.4, 0.5) is 0 Å². The van der Waals surface area contributed by atoms with Crippen molar-refractivity contribution in [2.75, 3.05) is 0 Å². The van der Waals surface area contributed by atoms with Crippen molar-refractivity contribution in [1.82, 2.24) is 0 Å². The lowest BCUT2D eigenvalue weighted by Crippen LogP contribution is -2.49. The highest BCUT2D eigenvalue weighted by Crippen LogP contribution is 2.59. The van der Waals surface area contributed by atoms with Gasteiger partial charge in [0.25, 0.3) is 0 Å². The molecule has 0 aromatic rings. The van der Waals surface area contributed by atoms with Crippen molar-refractivity contribution < 1.29 is 9.59 Å². The molecule has 0 N–H and O–H groups in total. The second-order valence-corrected chi connectivity index (χ2v) is 7.18. The summed E-state index contributed by atoms with van der Waals surface area (Å²) in [6, 6.07) is 0. The number of rotatable bonds is 5. The number of allylic oxidation sites excluding steroid dienone is 4. The topological polar surface area (TPSA) is 34.1 Å². The lowest BCUT2D eigenvalue weighted by atomic mass is 9.49. The molecular formula is C19H28O2. The van der Waals surface area contributed by atoms with Crippen LogP contribution in [0, 0.1) is 16.7 Å². The van der Waals surface area contributed by atoms with Gasteiger partial charge < -0.3 is 4.79 Å². The van der Waals surface area contributed by atoms with E-state index in [1.54, 1.807) is 0 Å². The number of fused-ring (bicyclic) bond motifs is 1. The summed E-state index contributed by atoms with van der Waals surface area (Å²) < 4.78 is 0. The molecule has 2 aliphatic carbocycles. The Balaban J connectivity index is 2.39. The minimum atomic E-state index is -0.507. The molecule has 0 spiro atoms. The molecule has 3 atom stereocenters. The SMILES string of the molecule is C/C=C/CC[C@]1(C)CCC[C@]2(C=O)C(C=O)=C(C)CC[C@@H]12. The molecule has 116 valence electrons. The predicted molar refractivity (Wildman–Crippen MR) is 86.0 cm³/mol. The van der Waals surface area contributed by atoms with Gasteiger partial charge in [0.1, 0.15) is 12.6 Å². The summed E-state index contributed by atoms with van der Waals surface area (Å²) in [4.78, 5) is 23.7. The number of aldehydes is 2. The molecule has 2 heteroatoms. The smallest absolute Gasteiger partial charge is 0.146 e. The largest absolute Gasteiger partial charge is 0.302 e. The summed E-state index contributed by atoms with van der Waals surface area (Å²) >= 11 is 0. The van der Waals surface area contributed by atoms with Crippen LogP contribution in [0.3, 0.4) is 0 Å². The second-order valence-electron chi connectivity index (χ2n) is 7.18. The van der Waals surface area contributed by atoms with Crippen LogP contribution in [0.1, 0.15) is 65.7 Å². The van der Waals surface area contributed by atoms with Gasteiger partial charge in [-0.25, -0.2) is 0 Å². The maximum atomic E-state index is 12.0. The third kappa shape index (κ3) is 2.65. The van der Waals surface area contributed by atoms with E-state index in [2.05, 4.69) is 26.0 Å². The van der Waals surface area contributed by atoms with Crippen LogP contribution < -0.4 is 0 Å². The molecule has 0 heterocycles.